The fourth-order valence-corrected chi connectivity index (χ4v) is 1.28. The average Bonchev–Trinajstić information content (AvgIpc) is 2.18. The molecule has 0 spiro atoms. The Kier molecular flexibility index (Phi) is 2.21. The molecule has 1 N–H and O–H groups in total. The molecule has 0 fully saturated rings. The molecule has 2 aromatic rings. The number of carbonyl (C=O) groups excluding carboxylic acids is 1. The number of nitrogens with one attached hydrogen (secondary N) is 1. The molecule has 0 aliphatic heterocycles. The maximum atomic E-state index is 11.4. The van der Waals surface area contributed by atoms with Crippen LogP contribution in [0.25, 0.3) is 10.9 Å². The van der Waals surface area contributed by atoms with E-state index in [4.69, 9.17) is 4.74 Å². The molecule has 0 saturated heterocycles. The maximum absolute atomic E-state index is 11.4. The Morgan fingerprint density at radius 2 is 2.27 bits per heavy atom. The van der Waals surface area contributed by atoms with Crippen LogP contribution < -0.4 is 10.3 Å². The van der Waals surface area contributed by atoms with Gasteiger partial charge in [0.2, 0.25) is 0 Å². The van der Waals surface area contributed by atoms with E-state index in [0.717, 1.165) is 0 Å². The molecule has 1 aromatic carbocycles. The van der Waals surface area contributed by atoms with Gasteiger partial charge < -0.3 is 9.72 Å². The minimum absolute atomic E-state index is 0.256. The Labute approximate surface area is 84.7 Å². The second-order valence-electron chi connectivity index (χ2n) is 3.00. The van der Waals surface area contributed by atoms with E-state index in [-0.39, 0.29) is 5.56 Å². The van der Waals surface area contributed by atoms with Gasteiger partial charge in [-0.3, -0.25) is 9.59 Å². The third kappa shape index (κ3) is 1.85. The highest BCUT2D eigenvalue weighted by atomic mass is 16.5. The summed E-state index contributed by atoms with van der Waals surface area (Å²) in [5.41, 5.74) is 0.309. The van der Waals surface area contributed by atoms with Crippen molar-refractivity contribution >= 4 is 16.9 Å². The highest BCUT2D eigenvalue weighted by Crippen LogP contribution is 2.15. The Morgan fingerprint density at radius 1 is 1.47 bits per heavy atom. The van der Waals surface area contributed by atoms with Crippen molar-refractivity contribution in [2.75, 3.05) is 0 Å². The van der Waals surface area contributed by atoms with Crippen molar-refractivity contribution in [3.8, 4) is 5.75 Å². The second kappa shape index (κ2) is 3.53. The molecule has 0 aliphatic rings. The fraction of sp³-hybridized carbons (Fsp3) is 0.100. The van der Waals surface area contributed by atoms with Crippen molar-refractivity contribution in [1.29, 1.82) is 0 Å². The van der Waals surface area contributed by atoms with Crippen LogP contribution in [0.5, 0.6) is 5.75 Å². The standard InChI is InChI=1S/C10H8N2O3/c1-6(13)15-7-2-3-9-8(4-7)10(14)12-5-11-9/h2-5H,1H3,(H,11,12,14). The zero-order chi connectivity index (χ0) is 10.8. The van der Waals surface area contributed by atoms with Gasteiger partial charge in [0.1, 0.15) is 5.75 Å². The summed E-state index contributed by atoms with van der Waals surface area (Å²) in [5.74, 6) is -0.0804. The van der Waals surface area contributed by atoms with E-state index in [1.165, 1.54) is 19.3 Å². The van der Waals surface area contributed by atoms with Crippen molar-refractivity contribution in [2.24, 2.45) is 0 Å². The van der Waals surface area contributed by atoms with Gasteiger partial charge in [0.15, 0.2) is 0 Å². The number of nitrogens with zero attached hydrogens (tertiary/aromatic N) is 1. The molecule has 0 aliphatic carbocycles. The lowest BCUT2D eigenvalue weighted by Crippen LogP contribution is -2.07. The van der Waals surface area contributed by atoms with E-state index in [9.17, 15) is 9.59 Å². The van der Waals surface area contributed by atoms with Gasteiger partial charge in [0, 0.05) is 6.92 Å². The zero-order valence-corrected chi connectivity index (χ0v) is 7.98. The number of ether oxygens (including phenoxy) is 1. The normalized spacial score (nSPS) is 10.2. The van der Waals surface area contributed by atoms with Crippen LogP contribution in [-0.4, -0.2) is 15.9 Å². The van der Waals surface area contributed by atoms with Crippen LogP contribution in [-0.2, 0) is 4.79 Å². The van der Waals surface area contributed by atoms with Gasteiger partial charge in [0.25, 0.3) is 5.56 Å². The predicted molar refractivity (Wildman–Crippen MR) is 53.7 cm³/mol. The van der Waals surface area contributed by atoms with E-state index in [0.29, 0.717) is 16.7 Å². The highest BCUT2D eigenvalue weighted by Gasteiger charge is 2.03. The van der Waals surface area contributed by atoms with E-state index in [1.54, 1.807) is 12.1 Å². The molecule has 0 atom stereocenters. The monoisotopic (exact) mass is 204 g/mol. The van der Waals surface area contributed by atoms with Gasteiger partial charge >= 0.3 is 5.97 Å². The van der Waals surface area contributed by atoms with Crippen molar-refractivity contribution in [3.63, 3.8) is 0 Å². The van der Waals surface area contributed by atoms with Gasteiger partial charge in [-0.2, -0.15) is 0 Å². The molecular weight excluding hydrogens is 196 g/mol. The van der Waals surface area contributed by atoms with Gasteiger partial charge in [0.05, 0.1) is 17.2 Å². The van der Waals surface area contributed by atoms with Crippen molar-refractivity contribution in [3.05, 3.63) is 34.9 Å². The first-order valence-electron chi connectivity index (χ1n) is 4.33. The molecule has 0 bridgehead atoms. The van der Waals surface area contributed by atoms with Gasteiger partial charge in [-0.25, -0.2) is 4.98 Å². The van der Waals surface area contributed by atoms with Gasteiger partial charge in [-0.1, -0.05) is 0 Å². The number of fused-ring (bicyclic) bond motifs is 1. The molecule has 2 rings (SSSR count). The van der Waals surface area contributed by atoms with Crippen LogP contribution in [0.15, 0.2) is 29.3 Å². The second-order valence-corrected chi connectivity index (χ2v) is 3.00. The van der Waals surface area contributed by atoms with Crippen molar-refractivity contribution in [2.45, 2.75) is 6.92 Å². The molecule has 0 radical (unpaired) electrons. The molecule has 5 nitrogen and oxygen atoms in total. The molecule has 1 aromatic heterocycles. The zero-order valence-electron chi connectivity index (χ0n) is 7.98. The summed E-state index contributed by atoms with van der Waals surface area (Å²) in [6.07, 6.45) is 1.33. The van der Waals surface area contributed by atoms with Crippen LogP contribution in [0.3, 0.4) is 0 Å². The molecule has 0 unspecified atom stereocenters. The number of rotatable bonds is 1. The fourth-order valence-electron chi connectivity index (χ4n) is 1.28. The summed E-state index contributed by atoms with van der Waals surface area (Å²) < 4.78 is 4.86. The average molecular weight is 204 g/mol. The predicted octanol–water partition coefficient (Wildman–Crippen LogP) is 0.848. The number of hydrogen-bond donors (Lipinski definition) is 1. The SMILES string of the molecule is CC(=O)Oc1ccc2nc[nH]c(=O)c2c1. The van der Waals surface area contributed by atoms with Crippen LogP contribution in [0.4, 0.5) is 0 Å². The smallest absolute Gasteiger partial charge is 0.308 e. The minimum atomic E-state index is -0.422. The molecule has 0 saturated carbocycles. The molecule has 76 valence electrons. The van der Waals surface area contributed by atoms with E-state index in [1.807, 2.05) is 0 Å². The summed E-state index contributed by atoms with van der Waals surface area (Å²) in [6, 6.07) is 4.71. The molecular formula is C10H8N2O3. The Balaban J connectivity index is 2.59. The molecule has 1 heterocycles. The molecule has 0 amide bonds. The number of esters is 1. The van der Waals surface area contributed by atoms with Gasteiger partial charge in [-0.05, 0) is 18.2 Å². The first-order valence-corrected chi connectivity index (χ1v) is 4.33. The number of hydrogen-bond acceptors (Lipinski definition) is 4. The first-order chi connectivity index (χ1) is 7.16. The van der Waals surface area contributed by atoms with Crippen LogP contribution >= 0.6 is 0 Å². The highest BCUT2D eigenvalue weighted by molar-refractivity contribution is 5.80. The first kappa shape index (κ1) is 9.39. The van der Waals surface area contributed by atoms with Crippen LogP contribution in [0, 0.1) is 0 Å². The quantitative estimate of drug-likeness (QED) is 0.552. The Morgan fingerprint density at radius 3 is 3.00 bits per heavy atom. The summed E-state index contributed by atoms with van der Waals surface area (Å²) in [4.78, 5) is 28.5. The van der Waals surface area contributed by atoms with Crippen LogP contribution in [0.1, 0.15) is 6.92 Å². The lowest BCUT2D eigenvalue weighted by molar-refractivity contribution is -0.131. The summed E-state index contributed by atoms with van der Waals surface area (Å²) in [5, 5.41) is 0.399. The topological polar surface area (TPSA) is 72.0 Å². The third-order valence-electron chi connectivity index (χ3n) is 1.87. The maximum Gasteiger partial charge on any atom is 0.308 e. The largest absolute Gasteiger partial charge is 0.427 e. The van der Waals surface area contributed by atoms with Crippen molar-refractivity contribution in [1.82, 2.24) is 9.97 Å². The number of benzene rings is 1. The lowest BCUT2D eigenvalue weighted by Gasteiger charge is -2.01. The van der Waals surface area contributed by atoms with E-state index < -0.39 is 5.97 Å². The molecule has 15 heavy (non-hydrogen) atoms. The third-order valence-corrected chi connectivity index (χ3v) is 1.87. The van der Waals surface area contributed by atoms with Gasteiger partial charge in [-0.15, -0.1) is 0 Å². The number of carbonyl (C=O) groups is 1. The number of aromatic nitrogens is 2. The molecule has 5 heteroatoms. The van der Waals surface area contributed by atoms with Crippen LogP contribution in [0.2, 0.25) is 0 Å². The minimum Gasteiger partial charge on any atom is -0.427 e. The Bertz CT molecular complexity index is 574. The number of aromatic amines is 1. The summed E-state index contributed by atoms with van der Waals surface area (Å²) in [7, 11) is 0. The van der Waals surface area contributed by atoms with E-state index in [2.05, 4.69) is 9.97 Å². The van der Waals surface area contributed by atoms with E-state index >= 15 is 0 Å². The lowest BCUT2D eigenvalue weighted by atomic mass is 10.2. The number of H-pyrrole nitrogens is 1. The van der Waals surface area contributed by atoms with Crippen molar-refractivity contribution < 1.29 is 9.53 Å². The summed E-state index contributed by atoms with van der Waals surface area (Å²) >= 11 is 0. The Hall–Kier alpha value is -2.17. The summed E-state index contributed by atoms with van der Waals surface area (Å²) in [6.45, 7) is 1.30.